The SMILES string of the molecule is CN=C(NCC(C)C(=O)OC)N1CCN(C(=O)c2ccco2)CC1. The Bertz CT molecular complexity index is 577. The van der Waals surface area contributed by atoms with Gasteiger partial charge in [0.1, 0.15) is 0 Å². The maximum absolute atomic E-state index is 12.2. The highest BCUT2D eigenvalue weighted by Gasteiger charge is 2.25. The second kappa shape index (κ2) is 8.37. The van der Waals surface area contributed by atoms with Gasteiger partial charge in [0, 0.05) is 39.8 Å². The van der Waals surface area contributed by atoms with Crippen LogP contribution in [0.25, 0.3) is 0 Å². The molecule has 1 aromatic heterocycles. The Morgan fingerprint density at radius 2 is 2.00 bits per heavy atom. The van der Waals surface area contributed by atoms with Gasteiger partial charge >= 0.3 is 5.97 Å². The van der Waals surface area contributed by atoms with E-state index in [-0.39, 0.29) is 17.8 Å². The molecule has 1 aliphatic heterocycles. The van der Waals surface area contributed by atoms with Gasteiger partial charge in [0.2, 0.25) is 0 Å². The summed E-state index contributed by atoms with van der Waals surface area (Å²) in [6, 6.07) is 3.38. The molecule has 0 radical (unpaired) electrons. The lowest BCUT2D eigenvalue weighted by Crippen LogP contribution is -2.54. The molecule has 0 spiro atoms. The number of hydrogen-bond donors (Lipinski definition) is 1. The van der Waals surface area contributed by atoms with E-state index in [1.54, 1.807) is 31.0 Å². The van der Waals surface area contributed by atoms with Gasteiger partial charge in [-0.3, -0.25) is 14.6 Å². The molecule has 0 aliphatic carbocycles. The number of amides is 1. The quantitative estimate of drug-likeness (QED) is 0.487. The first-order valence-corrected chi connectivity index (χ1v) is 7.93. The summed E-state index contributed by atoms with van der Waals surface area (Å²) in [6.07, 6.45) is 1.50. The Balaban J connectivity index is 1.83. The van der Waals surface area contributed by atoms with Crippen molar-refractivity contribution in [1.82, 2.24) is 15.1 Å². The van der Waals surface area contributed by atoms with E-state index in [9.17, 15) is 9.59 Å². The van der Waals surface area contributed by atoms with Gasteiger partial charge in [0.15, 0.2) is 11.7 Å². The van der Waals surface area contributed by atoms with Crippen LogP contribution in [0.15, 0.2) is 27.8 Å². The monoisotopic (exact) mass is 336 g/mol. The van der Waals surface area contributed by atoms with Crippen molar-refractivity contribution in [2.24, 2.45) is 10.9 Å². The van der Waals surface area contributed by atoms with Gasteiger partial charge in [0.25, 0.3) is 5.91 Å². The summed E-state index contributed by atoms with van der Waals surface area (Å²) in [5, 5.41) is 3.18. The minimum absolute atomic E-state index is 0.0955. The molecule has 2 heterocycles. The van der Waals surface area contributed by atoms with E-state index in [4.69, 9.17) is 9.15 Å². The Morgan fingerprint density at radius 1 is 1.33 bits per heavy atom. The van der Waals surface area contributed by atoms with Gasteiger partial charge in [0.05, 0.1) is 19.3 Å². The number of esters is 1. The van der Waals surface area contributed by atoms with Crippen molar-refractivity contribution in [3.05, 3.63) is 24.2 Å². The second-order valence-corrected chi connectivity index (χ2v) is 5.61. The fourth-order valence-corrected chi connectivity index (χ4v) is 2.54. The third kappa shape index (κ3) is 4.27. The van der Waals surface area contributed by atoms with Crippen LogP contribution >= 0.6 is 0 Å². The first-order chi connectivity index (χ1) is 11.6. The summed E-state index contributed by atoms with van der Waals surface area (Å²) in [4.78, 5) is 31.8. The molecular formula is C16H24N4O4. The summed E-state index contributed by atoms with van der Waals surface area (Å²) >= 11 is 0. The van der Waals surface area contributed by atoms with E-state index in [1.807, 2.05) is 0 Å². The number of rotatable bonds is 4. The third-order valence-electron chi connectivity index (χ3n) is 3.98. The number of nitrogens with one attached hydrogen (secondary N) is 1. The summed E-state index contributed by atoms with van der Waals surface area (Å²) in [5.74, 6) is 0.469. The highest BCUT2D eigenvalue weighted by Crippen LogP contribution is 2.09. The molecule has 1 aromatic rings. The largest absolute Gasteiger partial charge is 0.469 e. The number of methoxy groups -OCH3 is 1. The highest BCUT2D eigenvalue weighted by atomic mass is 16.5. The molecule has 132 valence electrons. The van der Waals surface area contributed by atoms with Crippen LogP contribution in [-0.4, -0.2) is 74.5 Å². The van der Waals surface area contributed by atoms with E-state index < -0.39 is 0 Å². The number of ether oxygens (including phenoxy) is 1. The molecule has 1 saturated heterocycles. The zero-order chi connectivity index (χ0) is 17.5. The first-order valence-electron chi connectivity index (χ1n) is 7.93. The smallest absolute Gasteiger partial charge is 0.310 e. The molecule has 8 nitrogen and oxygen atoms in total. The van der Waals surface area contributed by atoms with Crippen LogP contribution in [0, 0.1) is 5.92 Å². The Labute approximate surface area is 141 Å². The normalized spacial score (nSPS) is 16.7. The van der Waals surface area contributed by atoms with Gasteiger partial charge < -0.3 is 24.3 Å². The summed E-state index contributed by atoms with van der Waals surface area (Å²) in [5.41, 5.74) is 0. The Hall–Kier alpha value is -2.51. The lowest BCUT2D eigenvalue weighted by molar-refractivity contribution is -0.144. The van der Waals surface area contributed by atoms with Gasteiger partial charge in [-0.2, -0.15) is 0 Å². The maximum atomic E-state index is 12.2. The van der Waals surface area contributed by atoms with E-state index >= 15 is 0 Å². The molecule has 1 fully saturated rings. The predicted octanol–water partition coefficient (Wildman–Crippen LogP) is 0.422. The average molecular weight is 336 g/mol. The number of hydrogen-bond acceptors (Lipinski definition) is 5. The standard InChI is InChI=1S/C16H24N4O4/c1-12(15(22)23-3)11-18-16(17-2)20-8-6-19(7-9-20)14(21)13-5-4-10-24-13/h4-5,10,12H,6-9,11H2,1-3H3,(H,17,18). The second-order valence-electron chi connectivity index (χ2n) is 5.61. The van der Waals surface area contributed by atoms with E-state index in [1.165, 1.54) is 13.4 Å². The van der Waals surface area contributed by atoms with Crippen molar-refractivity contribution in [1.29, 1.82) is 0 Å². The van der Waals surface area contributed by atoms with Gasteiger partial charge in [-0.25, -0.2) is 0 Å². The van der Waals surface area contributed by atoms with Crippen LogP contribution in [0.5, 0.6) is 0 Å². The lowest BCUT2D eigenvalue weighted by atomic mass is 10.2. The minimum atomic E-state index is -0.258. The number of carbonyl (C=O) groups is 2. The molecule has 0 saturated carbocycles. The summed E-state index contributed by atoms with van der Waals surface area (Å²) < 4.78 is 9.87. The summed E-state index contributed by atoms with van der Waals surface area (Å²) in [7, 11) is 3.08. The maximum Gasteiger partial charge on any atom is 0.310 e. The molecule has 2 rings (SSSR count). The molecule has 1 unspecified atom stereocenters. The number of furan rings is 1. The zero-order valence-electron chi connectivity index (χ0n) is 14.3. The molecule has 0 aromatic carbocycles. The fourth-order valence-electron chi connectivity index (χ4n) is 2.54. The van der Waals surface area contributed by atoms with E-state index in [2.05, 4.69) is 15.2 Å². The van der Waals surface area contributed by atoms with Crippen molar-refractivity contribution in [2.75, 3.05) is 46.9 Å². The molecule has 24 heavy (non-hydrogen) atoms. The van der Waals surface area contributed by atoms with Crippen LogP contribution in [-0.2, 0) is 9.53 Å². The van der Waals surface area contributed by atoms with Crippen LogP contribution in [0.3, 0.4) is 0 Å². The van der Waals surface area contributed by atoms with Crippen molar-refractivity contribution < 1.29 is 18.7 Å². The zero-order valence-corrected chi connectivity index (χ0v) is 14.3. The van der Waals surface area contributed by atoms with Crippen LogP contribution < -0.4 is 5.32 Å². The van der Waals surface area contributed by atoms with Crippen molar-refractivity contribution in [3.63, 3.8) is 0 Å². The van der Waals surface area contributed by atoms with Gasteiger partial charge in [-0.05, 0) is 12.1 Å². The molecule has 1 amide bonds. The van der Waals surface area contributed by atoms with Gasteiger partial charge in [-0.1, -0.05) is 6.92 Å². The third-order valence-corrected chi connectivity index (χ3v) is 3.98. The molecule has 0 bridgehead atoms. The van der Waals surface area contributed by atoms with E-state index in [0.717, 1.165) is 5.96 Å². The highest BCUT2D eigenvalue weighted by molar-refractivity contribution is 5.91. The van der Waals surface area contributed by atoms with Crippen LogP contribution in [0.2, 0.25) is 0 Å². The van der Waals surface area contributed by atoms with Crippen molar-refractivity contribution in [3.8, 4) is 0 Å². The topological polar surface area (TPSA) is 87.4 Å². The van der Waals surface area contributed by atoms with Crippen LogP contribution in [0.4, 0.5) is 0 Å². The molecule has 1 N–H and O–H groups in total. The number of guanidine groups is 1. The predicted molar refractivity (Wildman–Crippen MR) is 88.7 cm³/mol. The van der Waals surface area contributed by atoms with E-state index in [0.29, 0.717) is 38.5 Å². The number of carbonyl (C=O) groups excluding carboxylic acids is 2. The minimum Gasteiger partial charge on any atom is -0.469 e. The fraction of sp³-hybridized carbons (Fsp3) is 0.562. The van der Waals surface area contributed by atoms with Crippen molar-refractivity contribution in [2.45, 2.75) is 6.92 Å². The Kier molecular flexibility index (Phi) is 6.22. The molecule has 1 aliphatic rings. The molecule has 1 atom stereocenters. The number of piperazine rings is 1. The molecular weight excluding hydrogens is 312 g/mol. The van der Waals surface area contributed by atoms with Crippen LogP contribution in [0.1, 0.15) is 17.5 Å². The Morgan fingerprint density at radius 3 is 2.54 bits per heavy atom. The first kappa shape index (κ1) is 17.8. The molecule has 8 heteroatoms. The van der Waals surface area contributed by atoms with Crippen molar-refractivity contribution >= 4 is 17.8 Å². The lowest BCUT2D eigenvalue weighted by Gasteiger charge is -2.36. The van der Waals surface area contributed by atoms with Gasteiger partial charge in [-0.15, -0.1) is 0 Å². The summed E-state index contributed by atoms with van der Waals surface area (Å²) in [6.45, 7) is 4.76. The number of nitrogens with zero attached hydrogens (tertiary/aromatic N) is 3. The number of aliphatic imine (C=N–C) groups is 1. The average Bonchev–Trinajstić information content (AvgIpc) is 3.15.